The van der Waals surface area contributed by atoms with Crippen LogP contribution in [0.5, 0.6) is 0 Å². The lowest BCUT2D eigenvalue weighted by atomic mass is 9.89. The third-order valence-electron chi connectivity index (χ3n) is 6.17. The van der Waals surface area contributed by atoms with Gasteiger partial charge in [-0.15, -0.1) is 0 Å². The van der Waals surface area contributed by atoms with Gasteiger partial charge in [-0.2, -0.15) is 0 Å². The summed E-state index contributed by atoms with van der Waals surface area (Å²) in [7, 11) is 0. The van der Waals surface area contributed by atoms with Gasteiger partial charge in [0.1, 0.15) is 5.60 Å². The third-order valence-corrected chi connectivity index (χ3v) is 6.72. The molecule has 7 heteroatoms. The summed E-state index contributed by atoms with van der Waals surface area (Å²) in [5.74, 6) is 0.447. The van der Waals surface area contributed by atoms with E-state index in [0.717, 1.165) is 36.0 Å². The zero-order valence-electron chi connectivity index (χ0n) is 19.4. The summed E-state index contributed by atoms with van der Waals surface area (Å²) < 4.78 is 5.49. The van der Waals surface area contributed by atoms with Crippen LogP contribution in [0.15, 0.2) is 36.4 Å². The van der Waals surface area contributed by atoms with Gasteiger partial charge in [-0.25, -0.2) is 4.79 Å². The number of halogens is 2. The molecular formula is C26H30Cl2N2O3. The molecule has 5 nitrogen and oxygen atoms in total. The number of benzene rings is 2. The lowest BCUT2D eigenvalue weighted by Crippen LogP contribution is -2.42. The van der Waals surface area contributed by atoms with E-state index in [1.54, 1.807) is 4.90 Å². The van der Waals surface area contributed by atoms with Crippen LogP contribution in [-0.2, 0) is 24.2 Å². The Bertz CT molecular complexity index is 1040. The van der Waals surface area contributed by atoms with Crippen molar-refractivity contribution in [2.75, 3.05) is 13.1 Å². The predicted molar refractivity (Wildman–Crippen MR) is 131 cm³/mol. The predicted octanol–water partition coefficient (Wildman–Crippen LogP) is 6.34. The number of likely N-dealkylation sites (tertiary alicyclic amines) is 1. The van der Waals surface area contributed by atoms with E-state index in [-0.39, 0.29) is 12.0 Å². The van der Waals surface area contributed by atoms with Crippen LogP contribution in [0.3, 0.4) is 0 Å². The zero-order valence-corrected chi connectivity index (χ0v) is 20.9. The Morgan fingerprint density at radius 1 is 1.06 bits per heavy atom. The molecule has 0 aliphatic carbocycles. The summed E-state index contributed by atoms with van der Waals surface area (Å²) in [6.45, 7) is 8.14. The van der Waals surface area contributed by atoms with Gasteiger partial charge in [0.15, 0.2) is 0 Å². The van der Waals surface area contributed by atoms with Crippen LogP contribution in [0.1, 0.15) is 60.7 Å². The number of carbonyl (C=O) groups is 2. The van der Waals surface area contributed by atoms with Crippen molar-refractivity contribution in [2.45, 2.75) is 58.7 Å². The minimum Gasteiger partial charge on any atom is -0.444 e. The fourth-order valence-corrected chi connectivity index (χ4v) is 5.03. The maximum Gasteiger partial charge on any atom is 0.410 e. The number of hydrogen-bond acceptors (Lipinski definition) is 3. The van der Waals surface area contributed by atoms with E-state index in [0.29, 0.717) is 47.7 Å². The van der Waals surface area contributed by atoms with Crippen LogP contribution in [0.25, 0.3) is 0 Å². The molecule has 4 rings (SSSR count). The minimum absolute atomic E-state index is 0.0258. The minimum atomic E-state index is -0.478. The molecule has 2 aliphatic heterocycles. The Morgan fingerprint density at radius 3 is 2.36 bits per heavy atom. The summed E-state index contributed by atoms with van der Waals surface area (Å²) in [6, 6.07) is 11.6. The normalized spacial score (nSPS) is 16.8. The topological polar surface area (TPSA) is 49.9 Å². The molecule has 2 heterocycles. The van der Waals surface area contributed by atoms with E-state index < -0.39 is 5.60 Å². The van der Waals surface area contributed by atoms with Gasteiger partial charge < -0.3 is 14.5 Å². The van der Waals surface area contributed by atoms with Crippen LogP contribution in [0, 0.1) is 5.92 Å². The van der Waals surface area contributed by atoms with Crippen molar-refractivity contribution in [3.63, 3.8) is 0 Å². The molecule has 1 saturated heterocycles. The van der Waals surface area contributed by atoms with Crippen LogP contribution in [0.2, 0.25) is 10.0 Å². The van der Waals surface area contributed by atoms with Crippen molar-refractivity contribution in [1.29, 1.82) is 0 Å². The standard InChI is InChI=1S/C26H30Cl2N2O3/c1-26(2,3)33-25(32)29-10-8-17(9-11-29)12-19-13-20-16-30(24(31)23(20)22(28)14-19)15-18-4-6-21(27)7-5-18/h4-7,13-14,17H,8-12,15-16H2,1-3H3. The second-order valence-corrected chi connectivity index (χ2v) is 10.9. The van der Waals surface area contributed by atoms with Crippen LogP contribution in [0.4, 0.5) is 4.79 Å². The fourth-order valence-electron chi connectivity index (χ4n) is 4.56. The first-order valence-electron chi connectivity index (χ1n) is 11.4. The molecule has 0 bridgehead atoms. The number of amides is 2. The van der Waals surface area contributed by atoms with Crippen LogP contribution in [-0.4, -0.2) is 40.5 Å². The number of carbonyl (C=O) groups excluding carboxylic acids is 2. The summed E-state index contributed by atoms with van der Waals surface area (Å²) in [5, 5.41) is 1.21. The highest BCUT2D eigenvalue weighted by Gasteiger charge is 2.31. The van der Waals surface area contributed by atoms with Crippen molar-refractivity contribution in [2.24, 2.45) is 5.92 Å². The lowest BCUT2D eigenvalue weighted by molar-refractivity contribution is 0.0184. The second-order valence-electron chi connectivity index (χ2n) is 10.0. The highest BCUT2D eigenvalue weighted by molar-refractivity contribution is 6.34. The quantitative estimate of drug-likeness (QED) is 0.504. The van der Waals surface area contributed by atoms with Crippen molar-refractivity contribution in [3.8, 4) is 0 Å². The number of rotatable bonds is 4. The van der Waals surface area contributed by atoms with Gasteiger partial charge in [-0.05, 0) is 80.8 Å². The van der Waals surface area contributed by atoms with Gasteiger partial charge >= 0.3 is 6.09 Å². The molecule has 0 radical (unpaired) electrons. The molecule has 0 aromatic heterocycles. The Labute approximate surface area is 205 Å². The Balaban J connectivity index is 1.37. The second kappa shape index (κ2) is 9.55. The molecule has 0 spiro atoms. The molecule has 2 aromatic rings. The van der Waals surface area contributed by atoms with E-state index in [9.17, 15) is 9.59 Å². The van der Waals surface area contributed by atoms with Gasteiger partial charge in [-0.1, -0.05) is 41.4 Å². The fraction of sp³-hybridized carbons (Fsp3) is 0.462. The van der Waals surface area contributed by atoms with Crippen LogP contribution >= 0.6 is 23.2 Å². The maximum atomic E-state index is 13.0. The first-order valence-corrected chi connectivity index (χ1v) is 12.2. The van der Waals surface area contributed by atoms with Crippen molar-refractivity contribution in [1.82, 2.24) is 9.80 Å². The molecule has 0 N–H and O–H groups in total. The third kappa shape index (κ3) is 5.82. The number of hydrogen-bond donors (Lipinski definition) is 0. The largest absolute Gasteiger partial charge is 0.444 e. The Kier molecular flexibility index (Phi) is 6.92. The Hall–Kier alpha value is -2.24. The molecule has 1 fully saturated rings. The molecule has 33 heavy (non-hydrogen) atoms. The van der Waals surface area contributed by atoms with E-state index in [1.807, 2.05) is 56.0 Å². The smallest absolute Gasteiger partial charge is 0.410 e. The molecule has 2 amide bonds. The number of piperidine rings is 1. The zero-order chi connectivity index (χ0) is 23.8. The van der Waals surface area contributed by atoms with E-state index in [4.69, 9.17) is 27.9 Å². The Morgan fingerprint density at radius 2 is 1.73 bits per heavy atom. The summed E-state index contributed by atoms with van der Waals surface area (Å²) in [5.41, 5.74) is 3.31. The monoisotopic (exact) mass is 488 g/mol. The lowest BCUT2D eigenvalue weighted by Gasteiger charge is -2.33. The van der Waals surface area contributed by atoms with Crippen molar-refractivity contribution in [3.05, 3.63) is 68.7 Å². The number of nitrogens with zero attached hydrogens (tertiary/aromatic N) is 2. The molecule has 0 atom stereocenters. The molecular weight excluding hydrogens is 459 g/mol. The SMILES string of the molecule is CC(C)(C)OC(=O)N1CCC(Cc2cc(Cl)c3c(c2)CN(Cc2ccc(Cl)cc2)C3=O)CC1. The molecule has 2 aliphatic rings. The molecule has 2 aromatic carbocycles. The molecule has 176 valence electrons. The highest BCUT2D eigenvalue weighted by Crippen LogP contribution is 2.33. The van der Waals surface area contributed by atoms with E-state index in [2.05, 4.69) is 6.07 Å². The first-order chi connectivity index (χ1) is 15.6. The van der Waals surface area contributed by atoms with Gasteiger partial charge in [-0.3, -0.25) is 4.79 Å². The average molecular weight is 489 g/mol. The summed E-state index contributed by atoms with van der Waals surface area (Å²) >= 11 is 12.5. The van der Waals surface area contributed by atoms with E-state index in [1.165, 1.54) is 0 Å². The summed E-state index contributed by atoms with van der Waals surface area (Å²) in [4.78, 5) is 28.9. The number of fused-ring (bicyclic) bond motifs is 1. The maximum absolute atomic E-state index is 13.0. The number of ether oxygens (including phenoxy) is 1. The van der Waals surface area contributed by atoms with Crippen molar-refractivity contribution >= 4 is 35.2 Å². The highest BCUT2D eigenvalue weighted by atomic mass is 35.5. The van der Waals surface area contributed by atoms with E-state index >= 15 is 0 Å². The van der Waals surface area contributed by atoms with Gasteiger partial charge in [0.05, 0.1) is 10.6 Å². The van der Waals surface area contributed by atoms with Crippen molar-refractivity contribution < 1.29 is 14.3 Å². The molecule has 0 unspecified atom stereocenters. The van der Waals surface area contributed by atoms with Gasteiger partial charge in [0.2, 0.25) is 0 Å². The average Bonchev–Trinajstić information content (AvgIpc) is 3.04. The molecule has 0 saturated carbocycles. The van der Waals surface area contributed by atoms with Gasteiger partial charge in [0.25, 0.3) is 5.91 Å². The van der Waals surface area contributed by atoms with Gasteiger partial charge in [0, 0.05) is 31.2 Å². The van der Waals surface area contributed by atoms with Crippen LogP contribution < -0.4 is 0 Å². The summed E-state index contributed by atoms with van der Waals surface area (Å²) in [6.07, 6.45) is 2.51. The first kappa shape index (κ1) is 23.9.